The van der Waals surface area contributed by atoms with Gasteiger partial charge in [0.1, 0.15) is 4.83 Å². The Labute approximate surface area is 184 Å². The van der Waals surface area contributed by atoms with Crippen LogP contribution in [0.15, 0.2) is 9.95 Å². The predicted molar refractivity (Wildman–Crippen MR) is 120 cm³/mol. The third-order valence-electron chi connectivity index (χ3n) is 5.81. The summed E-state index contributed by atoms with van der Waals surface area (Å²) in [6.45, 7) is 7.48. The van der Waals surface area contributed by atoms with Gasteiger partial charge in [0, 0.05) is 18.0 Å². The van der Waals surface area contributed by atoms with Crippen molar-refractivity contribution in [3.05, 3.63) is 20.8 Å². The Morgan fingerprint density at radius 2 is 2.07 bits per heavy atom. The van der Waals surface area contributed by atoms with Gasteiger partial charge in [-0.2, -0.15) is 0 Å². The molecule has 30 heavy (non-hydrogen) atoms. The molecule has 0 saturated carbocycles. The molecule has 1 aliphatic heterocycles. The fourth-order valence-corrected chi connectivity index (χ4v) is 5.59. The summed E-state index contributed by atoms with van der Waals surface area (Å²) in [7, 11) is 1.39. The van der Waals surface area contributed by atoms with Crippen molar-refractivity contribution in [2.24, 2.45) is 11.8 Å². The number of aromatic amines is 1. The third kappa shape index (κ3) is 5.06. The number of likely N-dealkylation sites (tertiary alicyclic amines) is 1. The lowest BCUT2D eigenvalue weighted by Crippen LogP contribution is -2.41. The van der Waals surface area contributed by atoms with E-state index in [4.69, 9.17) is 4.74 Å². The normalized spacial score (nSPS) is 16.1. The molecule has 1 unspecified atom stereocenters. The van der Waals surface area contributed by atoms with Gasteiger partial charge in [-0.3, -0.25) is 14.4 Å². The standard InChI is InChI=1S/C21H29N3O4S2/c1-5-12(2)10-15-13(3)30-19-17(15)18(26)22-21(23-19)29-11-16(25)24-8-6-14(7-9-24)20(27)28-4/h12,14H,5-11H2,1-4H3,(H,22,23,26). The SMILES string of the molecule is CCC(C)Cc1c(C)sc2nc(SCC(=O)N3CCC(C(=O)OC)CC3)[nH]c(=O)c12. The number of ether oxygens (including phenoxy) is 1. The second-order valence-electron chi connectivity index (χ2n) is 7.87. The smallest absolute Gasteiger partial charge is 0.308 e. The summed E-state index contributed by atoms with van der Waals surface area (Å²) in [5, 5.41) is 1.17. The number of H-pyrrole nitrogens is 1. The molecule has 0 aromatic carbocycles. The molecule has 0 aliphatic carbocycles. The number of aryl methyl sites for hydroxylation is 1. The molecular formula is C21H29N3O4S2. The summed E-state index contributed by atoms with van der Waals surface area (Å²) in [4.78, 5) is 48.0. The molecule has 1 atom stereocenters. The van der Waals surface area contributed by atoms with Crippen LogP contribution in [0.4, 0.5) is 0 Å². The summed E-state index contributed by atoms with van der Waals surface area (Å²) < 4.78 is 4.79. The zero-order chi connectivity index (χ0) is 21.8. The highest BCUT2D eigenvalue weighted by molar-refractivity contribution is 7.99. The maximum Gasteiger partial charge on any atom is 0.308 e. The number of fused-ring (bicyclic) bond motifs is 1. The summed E-state index contributed by atoms with van der Waals surface area (Å²) in [6.07, 6.45) is 3.18. The molecule has 7 nitrogen and oxygen atoms in total. The molecule has 164 valence electrons. The van der Waals surface area contributed by atoms with Gasteiger partial charge in [0.15, 0.2) is 5.16 Å². The number of esters is 1. The molecule has 0 spiro atoms. The average molecular weight is 452 g/mol. The van der Waals surface area contributed by atoms with E-state index in [0.29, 0.717) is 42.4 Å². The van der Waals surface area contributed by atoms with Crippen LogP contribution in [0.3, 0.4) is 0 Å². The van der Waals surface area contributed by atoms with Crippen molar-refractivity contribution in [1.29, 1.82) is 0 Å². The van der Waals surface area contributed by atoms with Gasteiger partial charge in [-0.05, 0) is 37.7 Å². The Morgan fingerprint density at radius 3 is 2.70 bits per heavy atom. The van der Waals surface area contributed by atoms with Gasteiger partial charge in [-0.25, -0.2) is 4.98 Å². The number of carbonyl (C=O) groups is 2. The maximum atomic E-state index is 12.7. The number of nitrogens with zero attached hydrogens (tertiary/aromatic N) is 2. The van der Waals surface area contributed by atoms with Crippen molar-refractivity contribution in [1.82, 2.24) is 14.9 Å². The monoisotopic (exact) mass is 451 g/mol. The Morgan fingerprint density at radius 1 is 1.37 bits per heavy atom. The van der Waals surface area contributed by atoms with E-state index in [1.165, 1.54) is 18.9 Å². The number of nitrogens with one attached hydrogen (secondary N) is 1. The number of carbonyl (C=O) groups excluding carboxylic acids is 2. The Hall–Kier alpha value is -1.87. The van der Waals surface area contributed by atoms with Gasteiger partial charge in [0.05, 0.1) is 24.2 Å². The molecular weight excluding hydrogens is 422 g/mol. The molecule has 9 heteroatoms. The summed E-state index contributed by atoms with van der Waals surface area (Å²) >= 11 is 2.80. The number of hydrogen-bond donors (Lipinski definition) is 1. The average Bonchev–Trinajstić information content (AvgIpc) is 3.06. The number of aromatic nitrogens is 2. The minimum Gasteiger partial charge on any atom is -0.469 e. The molecule has 3 rings (SSSR count). The fourth-order valence-electron chi connectivity index (χ4n) is 3.72. The van der Waals surface area contributed by atoms with E-state index >= 15 is 0 Å². The first-order valence-corrected chi connectivity index (χ1v) is 12.1. The topological polar surface area (TPSA) is 92.4 Å². The third-order valence-corrected chi connectivity index (χ3v) is 7.70. The first-order chi connectivity index (χ1) is 14.3. The quantitative estimate of drug-likeness (QED) is 0.394. The molecule has 2 aromatic heterocycles. The Kier molecular flexibility index (Phi) is 7.57. The highest BCUT2D eigenvalue weighted by atomic mass is 32.2. The summed E-state index contributed by atoms with van der Waals surface area (Å²) in [5.74, 6) is 0.382. The predicted octanol–water partition coefficient (Wildman–Crippen LogP) is 3.39. The zero-order valence-electron chi connectivity index (χ0n) is 17.9. The molecule has 2 aromatic rings. The number of hydrogen-bond acceptors (Lipinski definition) is 7. The van der Waals surface area contributed by atoms with E-state index in [1.54, 1.807) is 16.2 Å². The van der Waals surface area contributed by atoms with Crippen molar-refractivity contribution in [2.75, 3.05) is 26.0 Å². The molecule has 1 N–H and O–H groups in total. The van der Waals surface area contributed by atoms with E-state index in [-0.39, 0.29) is 29.1 Å². The van der Waals surface area contributed by atoms with Crippen molar-refractivity contribution < 1.29 is 14.3 Å². The van der Waals surface area contributed by atoms with Crippen LogP contribution < -0.4 is 5.56 Å². The lowest BCUT2D eigenvalue weighted by atomic mass is 9.97. The highest BCUT2D eigenvalue weighted by Gasteiger charge is 2.28. The van der Waals surface area contributed by atoms with Crippen LogP contribution >= 0.6 is 23.1 Å². The van der Waals surface area contributed by atoms with Crippen LogP contribution in [-0.4, -0.2) is 52.7 Å². The molecule has 1 aliphatic rings. The zero-order valence-corrected chi connectivity index (χ0v) is 19.6. The molecule has 3 heterocycles. The van der Waals surface area contributed by atoms with Gasteiger partial charge >= 0.3 is 5.97 Å². The highest BCUT2D eigenvalue weighted by Crippen LogP contribution is 2.30. The number of methoxy groups -OCH3 is 1. The van der Waals surface area contributed by atoms with Crippen LogP contribution in [0.25, 0.3) is 10.2 Å². The van der Waals surface area contributed by atoms with Crippen LogP contribution in [-0.2, 0) is 20.7 Å². The molecule has 1 amide bonds. The minimum absolute atomic E-state index is 0.00844. The van der Waals surface area contributed by atoms with E-state index in [0.717, 1.165) is 28.1 Å². The first kappa shape index (κ1) is 22.8. The van der Waals surface area contributed by atoms with E-state index in [2.05, 4.69) is 23.8 Å². The number of amides is 1. The van der Waals surface area contributed by atoms with Gasteiger partial charge in [-0.1, -0.05) is 32.0 Å². The van der Waals surface area contributed by atoms with Gasteiger partial charge < -0.3 is 14.6 Å². The van der Waals surface area contributed by atoms with Gasteiger partial charge in [-0.15, -0.1) is 11.3 Å². The number of piperidine rings is 1. The molecule has 1 saturated heterocycles. The van der Waals surface area contributed by atoms with Crippen molar-refractivity contribution in [2.45, 2.75) is 51.6 Å². The minimum atomic E-state index is -0.203. The maximum absolute atomic E-state index is 12.7. The van der Waals surface area contributed by atoms with Crippen LogP contribution in [0, 0.1) is 18.8 Å². The second kappa shape index (κ2) is 9.96. The Balaban J connectivity index is 1.65. The molecule has 1 fully saturated rings. The van der Waals surface area contributed by atoms with Crippen molar-refractivity contribution in [3.63, 3.8) is 0 Å². The number of thioether (sulfide) groups is 1. The van der Waals surface area contributed by atoms with Crippen LogP contribution in [0.1, 0.15) is 43.6 Å². The number of thiophene rings is 1. The van der Waals surface area contributed by atoms with Crippen LogP contribution in [0.2, 0.25) is 0 Å². The lowest BCUT2D eigenvalue weighted by molar-refractivity contribution is -0.148. The summed E-state index contributed by atoms with van der Waals surface area (Å²) in [5.41, 5.74) is 0.968. The van der Waals surface area contributed by atoms with Gasteiger partial charge in [0.25, 0.3) is 5.56 Å². The largest absolute Gasteiger partial charge is 0.469 e. The van der Waals surface area contributed by atoms with E-state index in [9.17, 15) is 14.4 Å². The number of rotatable bonds is 7. The lowest BCUT2D eigenvalue weighted by Gasteiger charge is -2.30. The first-order valence-electron chi connectivity index (χ1n) is 10.3. The second-order valence-corrected chi connectivity index (χ2v) is 10.0. The van der Waals surface area contributed by atoms with Crippen molar-refractivity contribution in [3.8, 4) is 0 Å². The van der Waals surface area contributed by atoms with E-state index < -0.39 is 0 Å². The fraction of sp³-hybridized carbons (Fsp3) is 0.619. The van der Waals surface area contributed by atoms with Crippen LogP contribution in [0.5, 0.6) is 0 Å². The summed E-state index contributed by atoms with van der Waals surface area (Å²) in [6, 6.07) is 0. The van der Waals surface area contributed by atoms with E-state index in [1.807, 2.05) is 6.92 Å². The van der Waals surface area contributed by atoms with Gasteiger partial charge in [0.2, 0.25) is 5.91 Å². The Bertz CT molecular complexity index is 977. The van der Waals surface area contributed by atoms with Crippen molar-refractivity contribution >= 4 is 45.2 Å². The molecule has 0 bridgehead atoms. The molecule has 0 radical (unpaired) electrons.